The summed E-state index contributed by atoms with van der Waals surface area (Å²) >= 11 is 0. The molecule has 1 amide bonds. The highest BCUT2D eigenvalue weighted by Crippen LogP contribution is 2.37. The number of hydrogen-bond donors (Lipinski definition) is 1. The molecule has 2 fully saturated rings. The zero-order chi connectivity index (χ0) is 10.1. The SMILES string of the molecule is COC(=O)N1CCC(C(N)C2CC2)C1. The summed E-state index contributed by atoms with van der Waals surface area (Å²) in [5.74, 6) is 1.21. The van der Waals surface area contributed by atoms with Gasteiger partial charge in [0, 0.05) is 19.1 Å². The summed E-state index contributed by atoms with van der Waals surface area (Å²) in [4.78, 5) is 13.0. The molecule has 4 nitrogen and oxygen atoms in total. The lowest BCUT2D eigenvalue weighted by Gasteiger charge is -2.19. The Kier molecular flexibility index (Phi) is 2.63. The van der Waals surface area contributed by atoms with Gasteiger partial charge in [-0.05, 0) is 31.1 Å². The summed E-state index contributed by atoms with van der Waals surface area (Å²) in [6, 6.07) is 0.296. The Hall–Kier alpha value is -0.770. The van der Waals surface area contributed by atoms with Crippen LogP contribution in [0.5, 0.6) is 0 Å². The molecule has 0 aromatic carbocycles. The number of hydrogen-bond acceptors (Lipinski definition) is 3. The molecule has 1 aliphatic carbocycles. The van der Waals surface area contributed by atoms with Gasteiger partial charge < -0.3 is 15.4 Å². The van der Waals surface area contributed by atoms with Crippen LogP contribution in [0.3, 0.4) is 0 Å². The van der Waals surface area contributed by atoms with Crippen LogP contribution >= 0.6 is 0 Å². The van der Waals surface area contributed by atoms with Crippen LogP contribution in [-0.4, -0.2) is 37.2 Å². The van der Waals surface area contributed by atoms with E-state index >= 15 is 0 Å². The van der Waals surface area contributed by atoms with Crippen molar-refractivity contribution in [2.75, 3.05) is 20.2 Å². The third-order valence-corrected chi connectivity index (χ3v) is 3.37. The number of carbonyl (C=O) groups excluding carboxylic acids is 1. The van der Waals surface area contributed by atoms with Gasteiger partial charge in [-0.15, -0.1) is 0 Å². The van der Waals surface area contributed by atoms with Crippen LogP contribution in [0.15, 0.2) is 0 Å². The van der Waals surface area contributed by atoms with Crippen molar-refractivity contribution in [3.63, 3.8) is 0 Å². The molecule has 1 saturated heterocycles. The molecule has 2 atom stereocenters. The number of ether oxygens (including phenoxy) is 1. The van der Waals surface area contributed by atoms with E-state index in [0.717, 1.165) is 25.4 Å². The minimum atomic E-state index is -0.213. The number of carbonyl (C=O) groups is 1. The minimum absolute atomic E-state index is 0.213. The first kappa shape index (κ1) is 9.77. The van der Waals surface area contributed by atoms with Crippen LogP contribution < -0.4 is 5.73 Å². The zero-order valence-corrected chi connectivity index (χ0v) is 8.61. The van der Waals surface area contributed by atoms with Crippen LogP contribution in [0.1, 0.15) is 19.3 Å². The first-order valence-corrected chi connectivity index (χ1v) is 5.31. The van der Waals surface area contributed by atoms with E-state index < -0.39 is 0 Å². The van der Waals surface area contributed by atoms with E-state index in [-0.39, 0.29) is 6.09 Å². The topological polar surface area (TPSA) is 55.6 Å². The van der Waals surface area contributed by atoms with Gasteiger partial charge in [-0.25, -0.2) is 4.79 Å². The molecule has 0 aromatic rings. The maximum Gasteiger partial charge on any atom is 0.409 e. The number of nitrogens with two attached hydrogens (primary N) is 1. The van der Waals surface area contributed by atoms with Crippen molar-refractivity contribution >= 4 is 6.09 Å². The third kappa shape index (κ3) is 1.85. The van der Waals surface area contributed by atoms with Gasteiger partial charge in [-0.1, -0.05) is 0 Å². The highest BCUT2D eigenvalue weighted by atomic mass is 16.5. The van der Waals surface area contributed by atoms with Crippen LogP contribution in [0.4, 0.5) is 4.79 Å². The van der Waals surface area contributed by atoms with Crippen LogP contribution in [0, 0.1) is 11.8 Å². The van der Waals surface area contributed by atoms with Gasteiger partial charge in [0.2, 0.25) is 0 Å². The number of methoxy groups -OCH3 is 1. The van der Waals surface area contributed by atoms with Gasteiger partial charge in [0.1, 0.15) is 0 Å². The van der Waals surface area contributed by atoms with E-state index in [1.54, 1.807) is 4.90 Å². The number of amides is 1. The largest absolute Gasteiger partial charge is 0.453 e. The second-order valence-electron chi connectivity index (χ2n) is 4.38. The van der Waals surface area contributed by atoms with Gasteiger partial charge in [0.25, 0.3) is 0 Å². The van der Waals surface area contributed by atoms with Crippen molar-refractivity contribution in [3.05, 3.63) is 0 Å². The maximum atomic E-state index is 11.2. The Labute approximate surface area is 84.4 Å². The first-order chi connectivity index (χ1) is 6.72. The average Bonchev–Trinajstić information content (AvgIpc) is 2.93. The van der Waals surface area contributed by atoms with E-state index in [9.17, 15) is 4.79 Å². The van der Waals surface area contributed by atoms with E-state index in [2.05, 4.69) is 4.74 Å². The number of nitrogens with zero attached hydrogens (tertiary/aromatic N) is 1. The van der Waals surface area contributed by atoms with Crippen molar-refractivity contribution in [2.45, 2.75) is 25.3 Å². The fraction of sp³-hybridized carbons (Fsp3) is 0.900. The molecule has 0 aromatic heterocycles. The van der Waals surface area contributed by atoms with Crippen molar-refractivity contribution < 1.29 is 9.53 Å². The van der Waals surface area contributed by atoms with Gasteiger partial charge in [-0.3, -0.25) is 0 Å². The molecule has 0 radical (unpaired) electrons. The van der Waals surface area contributed by atoms with E-state index in [4.69, 9.17) is 5.73 Å². The first-order valence-electron chi connectivity index (χ1n) is 5.31. The molecule has 0 bridgehead atoms. The van der Waals surface area contributed by atoms with Crippen LogP contribution in [0.25, 0.3) is 0 Å². The van der Waals surface area contributed by atoms with Gasteiger partial charge in [-0.2, -0.15) is 0 Å². The summed E-state index contributed by atoms with van der Waals surface area (Å²) in [5, 5.41) is 0. The Morgan fingerprint density at radius 1 is 1.43 bits per heavy atom. The highest BCUT2D eigenvalue weighted by molar-refractivity contribution is 5.67. The number of rotatable bonds is 2. The molecule has 4 heteroatoms. The highest BCUT2D eigenvalue weighted by Gasteiger charge is 2.38. The van der Waals surface area contributed by atoms with Crippen LogP contribution in [0.2, 0.25) is 0 Å². The summed E-state index contributed by atoms with van der Waals surface area (Å²) in [5.41, 5.74) is 6.11. The van der Waals surface area contributed by atoms with E-state index in [1.807, 2.05) is 0 Å². The number of likely N-dealkylation sites (tertiary alicyclic amines) is 1. The standard InChI is InChI=1S/C10H18N2O2/c1-14-10(13)12-5-4-8(6-12)9(11)7-2-3-7/h7-9H,2-6,11H2,1H3. The Bertz CT molecular complexity index is 228. The molecular weight excluding hydrogens is 180 g/mol. The summed E-state index contributed by atoms with van der Waals surface area (Å²) in [6.07, 6.45) is 3.37. The summed E-state index contributed by atoms with van der Waals surface area (Å²) in [6.45, 7) is 1.59. The maximum absolute atomic E-state index is 11.2. The summed E-state index contributed by atoms with van der Waals surface area (Å²) < 4.78 is 4.68. The average molecular weight is 198 g/mol. The lowest BCUT2D eigenvalue weighted by atomic mass is 9.96. The summed E-state index contributed by atoms with van der Waals surface area (Å²) in [7, 11) is 1.43. The lowest BCUT2D eigenvalue weighted by molar-refractivity contribution is 0.131. The monoisotopic (exact) mass is 198 g/mol. The molecule has 1 aliphatic heterocycles. The van der Waals surface area contributed by atoms with Crippen molar-refractivity contribution in [3.8, 4) is 0 Å². The molecule has 2 aliphatic rings. The molecule has 14 heavy (non-hydrogen) atoms. The Balaban J connectivity index is 1.84. The van der Waals surface area contributed by atoms with E-state index in [1.165, 1.54) is 20.0 Å². The molecule has 2 N–H and O–H groups in total. The van der Waals surface area contributed by atoms with Gasteiger partial charge in [0.15, 0.2) is 0 Å². The third-order valence-electron chi connectivity index (χ3n) is 3.37. The quantitative estimate of drug-likeness (QED) is 0.714. The van der Waals surface area contributed by atoms with Gasteiger partial charge >= 0.3 is 6.09 Å². The lowest BCUT2D eigenvalue weighted by Crippen LogP contribution is -2.35. The van der Waals surface area contributed by atoms with Crippen molar-refractivity contribution in [2.24, 2.45) is 17.6 Å². The second kappa shape index (κ2) is 3.77. The fourth-order valence-corrected chi connectivity index (χ4v) is 2.26. The van der Waals surface area contributed by atoms with Crippen molar-refractivity contribution in [1.82, 2.24) is 4.90 Å². The van der Waals surface area contributed by atoms with Crippen molar-refractivity contribution in [1.29, 1.82) is 0 Å². The molecule has 2 rings (SSSR count). The smallest absolute Gasteiger partial charge is 0.409 e. The Morgan fingerprint density at radius 2 is 2.14 bits per heavy atom. The predicted octanol–water partition coefficient (Wildman–Crippen LogP) is 0.812. The molecule has 2 unspecified atom stereocenters. The molecule has 1 saturated carbocycles. The minimum Gasteiger partial charge on any atom is -0.453 e. The fourth-order valence-electron chi connectivity index (χ4n) is 2.26. The zero-order valence-electron chi connectivity index (χ0n) is 8.61. The predicted molar refractivity (Wildman–Crippen MR) is 52.8 cm³/mol. The molecule has 0 spiro atoms. The molecular formula is C10H18N2O2. The second-order valence-corrected chi connectivity index (χ2v) is 4.38. The van der Waals surface area contributed by atoms with Crippen LogP contribution in [-0.2, 0) is 4.74 Å². The molecule has 80 valence electrons. The molecule has 1 heterocycles. The van der Waals surface area contributed by atoms with E-state index in [0.29, 0.717) is 12.0 Å². The Morgan fingerprint density at radius 3 is 2.71 bits per heavy atom. The van der Waals surface area contributed by atoms with Gasteiger partial charge in [0.05, 0.1) is 7.11 Å². The normalized spacial score (nSPS) is 29.0.